The molecular weight excluding hydrogens is 470 g/mol. The summed E-state index contributed by atoms with van der Waals surface area (Å²) in [5.41, 5.74) is 10.0. The van der Waals surface area contributed by atoms with Crippen LogP contribution in [0.5, 0.6) is 0 Å². The maximum absolute atomic E-state index is 14.6. The monoisotopic (exact) mass is 496 g/mol. The van der Waals surface area contributed by atoms with Crippen molar-refractivity contribution in [2.24, 2.45) is 5.73 Å². The van der Waals surface area contributed by atoms with Gasteiger partial charge in [-0.15, -0.1) is 0 Å². The summed E-state index contributed by atoms with van der Waals surface area (Å²) in [6.07, 6.45) is 5.97. The third-order valence-corrected chi connectivity index (χ3v) is 6.48. The van der Waals surface area contributed by atoms with Gasteiger partial charge >= 0.3 is 0 Å². The standard InChI is InChI=1S/C26H27ClF2N6/c1-4-35(16(2)12-30)23-9-6-18(13-32-23)19-14-33-26-25(17(19)3)34(11-5-10-31-26)15-20-21(28)7-8-22(29)24(20)27/h4,6-9,13-14H,1-2,5,10-12,15,30H2,3H3,(H,31,33). The van der Waals surface area contributed by atoms with E-state index in [1.807, 2.05) is 24.0 Å². The van der Waals surface area contributed by atoms with Gasteiger partial charge in [-0.1, -0.05) is 24.8 Å². The molecule has 0 aliphatic carbocycles. The Labute approximate surface area is 208 Å². The number of nitrogens with zero attached hydrogens (tertiary/aromatic N) is 4. The summed E-state index contributed by atoms with van der Waals surface area (Å²) in [6, 6.07) is 5.95. The number of benzene rings is 1. The van der Waals surface area contributed by atoms with Crippen LogP contribution in [-0.4, -0.2) is 29.6 Å². The van der Waals surface area contributed by atoms with Gasteiger partial charge in [-0.25, -0.2) is 18.7 Å². The van der Waals surface area contributed by atoms with Crippen LogP contribution >= 0.6 is 11.6 Å². The number of nitrogens with one attached hydrogen (secondary N) is 1. The molecule has 0 saturated heterocycles. The lowest BCUT2D eigenvalue weighted by Crippen LogP contribution is -2.25. The van der Waals surface area contributed by atoms with Gasteiger partial charge in [-0.2, -0.15) is 0 Å². The number of rotatable bonds is 7. The van der Waals surface area contributed by atoms with E-state index in [1.165, 1.54) is 0 Å². The highest BCUT2D eigenvalue weighted by molar-refractivity contribution is 6.31. The number of fused-ring (bicyclic) bond motifs is 1. The first kappa shape index (κ1) is 24.6. The summed E-state index contributed by atoms with van der Waals surface area (Å²) in [5.74, 6) is 0.164. The molecule has 0 fully saturated rings. The molecule has 3 aromatic rings. The van der Waals surface area contributed by atoms with E-state index in [0.29, 0.717) is 30.4 Å². The Kier molecular flexibility index (Phi) is 7.33. The van der Waals surface area contributed by atoms with Gasteiger partial charge in [0.2, 0.25) is 0 Å². The number of hydrogen-bond donors (Lipinski definition) is 2. The van der Waals surface area contributed by atoms with E-state index in [9.17, 15) is 8.78 Å². The molecule has 9 heteroatoms. The lowest BCUT2D eigenvalue weighted by atomic mass is 10.0. The van der Waals surface area contributed by atoms with Crippen LogP contribution in [0, 0.1) is 18.6 Å². The van der Waals surface area contributed by atoms with Gasteiger partial charge in [0, 0.05) is 67.2 Å². The quantitative estimate of drug-likeness (QED) is 0.413. The average molecular weight is 497 g/mol. The predicted octanol–water partition coefficient (Wildman–Crippen LogP) is 5.63. The molecule has 0 amide bonds. The van der Waals surface area contributed by atoms with Crippen molar-refractivity contribution in [3.8, 4) is 11.1 Å². The van der Waals surface area contributed by atoms with Gasteiger partial charge in [0.15, 0.2) is 0 Å². The Morgan fingerprint density at radius 1 is 1.23 bits per heavy atom. The maximum atomic E-state index is 14.6. The smallest absolute Gasteiger partial charge is 0.149 e. The first-order valence-electron chi connectivity index (χ1n) is 11.2. The molecule has 1 aromatic carbocycles. The van der Waals surface area contributed by atoms with Gasteiger partial charge in [-0.3, -0.25) is 0 Å². The van der Waals surface area contributed by atoms with Crippen LogP contribution in [0.2, 0.25) is 5.02 Å². The van der Waals surface area contributed by atoms with Crippen molar-refractivity contribution < 1.29 is 8.78 Å². The third kappa shape index (κ3) is 4.85. The summed E-state index contributed by atoms with van der Waals surface area (Å²) < 4.78 is 28.7. The Bertz CT molecular complexity index is 1260. The molecule has 2 aromatic heterocycles. The Balaban J connectivity index is 1.73. The van der Waals surface area contributed by atoms with Crippen molar-refractivity contribution in [3.05, 3.63) is 89.5 Å². The number of nitrogens with two attached hydrogens (primary N) is 1. The van der Waals surface area contributed by atoms with Gasteiger partial charge in [0.1, 0.15) is 23.3 Å². The van der Waals surface area contributed by atoms with E-state index in [1.54, 1.807) is 23.5 Å². The number of anilines is 3. The topological polar surface area (TPSA) is 70.3 Å². The van der Waals surface area contributed by atoms with Gasteiger partial charge in [0.05, 0.1) is 10.7 Å². The molecule has 4 rings (SSSR count). The molecule has 1 aliphatic heterocycles. The maximum Gasteiger partial charge on any atom is 0.149 e. The van der Waals surface area contributed by atoms with Crippen LogP contribution in [0.3, 0.4) is 0 Å². The fourth-order valence-electron chi connectivity index (χ4n) is 4.22. The summed E-state index contributed by atoms with van der Waals surface area (Å²) in [7, 11) is 0. The summed E-state index contributed by atoms with van der Waals surface area (Å²) in [4.78, 5) is 12.9. The lowest BCUT2D eigenvalue weighted by molar-refractivity contribution is 0.580. The van der Waals surface area contributed by atoms with Crippen molar-refractivity contribution in [1.29, 1.82) is 0 Å². The molecule has 0 unspecified atom stereocenters. The summed E-state index contributed by atoms with van der Waals surface area (Å²) in [6.45, 7) is 11.5. The third-order valence-electron chi connectivity index (χ3n) is 6.07. The minimum absolute atomic E-state index is 0.121. The van der Waals surface area contributed by atoms with Crippen molar-refractivity contribution in [2.75, 3.05) is 34.8 Å². The van der Waals surface area contributed by atoms with Crippen molar-refractivity contribution >= 4 is 28.9 Å². The molecule has 3 N–H and O–H groups in total. The molecule has 0 radical (unpaired) electrons. The Morgan fingerprint density at radius 2 is 2.00 bits per heavy atom. The van der Waals surface area contributed by atoms with Crippen LogP contribution in [-0.2, 0) is 6.54 Å². The van der Waals surface area contributed by atoms with Gasteiger partial charge in [-0.05, 0) is 43.2 Å². The molecule has 3 heterocycles. The Hall–Kier alpha value is -3.49. The average Bonchev–Trinajstić information content (AvgIpc) is 3.08. The second-order valence-electron chi connectivity index (χ2n) is 8.25. The molecule has 0 bridgehead atoms. The van der Waals surface area contributed by atoms with E-state index in [4.69, 9.17) is 17.3 Å². The van der Waals surface area contributed by atoms with E-state index >= 15 is 0 Å². The zero-order valence-electron chi connectivity index (χ0n) is 19.5. The zero-order valence-corrected chi connectivity index (χ0v) is 20.2. The highest BCUT2D eigenvalue weighted by Crippen LogP contribution is 2.38. The van der Waals surface area contributed by atoms with E-state index in [0.717, 1.165) is 40.9 Å². The number of hydrogen-bond acceptors (Lipinski definition) is 6. The predicted molar refractivity (Wildman–Crippen MR) is 139 cm³/mol. The molecular formula is C26H27ClF2N6. The van der Waals surface area contributed by atoms with Gasteiger partial charge < -0.3 is 20.9 Å². The van der Waals surface area contributed by atoms with Crippen LogP contribution < -0.4 is 20.9 Å². The number of pyridine rings is 2. The molecule has 35 heavy (non-hydrogen) atoms. The van der Waals surface area contributed by atoms with Crippen molar-refractivity contribution in [3.63, 3.8) is 0 Å². The first-order chi connectivity index (χ1) is 16.8. The summed E-state index contributed by atoms with van der Waals surface area (Å²) >= 11 is 6.13. The minimum atomic E-state index is -0.642. The molecule has 1 aliphatic rings. The molecule has 182 valence electrons. The SMILES string of the molecule is C=CN(C(=C)CN)c1ccc(-c2cnc3c(c2C)N(Cc2c(F)ccc(F)c2Cl)CCCN3)cn1. The molecule has 6 nitrogen and oxygen atoms in total. The zero-order chi connectivity index (χ0) is 25.1. The fourth-order valence-corrected chi connectivity index (χ4v) is 4.43. The normalized spacial score (nSPS) is 13.0. The minimum Gasteiger partial charge on any atom is -0.368 e. The molecule has 0 spiro atoms. The largest absolute Gasteiger partial charge is 0.368 e. The second kappa shape index (κ2) is 10.4. The van der Waals surface area contributed by atoms with Crippen molar-refractivity contribution in [2.45, 2.75) is 19.9 Å². The number of halogens is 3. The van der Waals surface area contributed by atoms with Gasteiger partial charge in [0.25, 0.3) is 0 Å². The van der Waals surface area contributed by atoms with Crippen LogP contribution in [0.1, 0.15) is 17.5 Å². The lowest BCUT2D eigenvalue weighted by Gasteiger charge is -2.27. The number of aromatic nitrogens is 2. The van der Waals surface area contributed by atoms with Crippen molar-refractivity contribution in [1.82, 2.24) is 9.97 Å². The fraction of sp³-hybridized carbons (Fsp3) is 0.231. The van der Waals surface area contributed by atoms with E-state index in [2.05, 4.69) is 28.4 Å². The second-order valence-corrected chi connectivity index (χ2v) is 8.62. The Morgan fingerprint density at radius 3 is 2.69 bits per heavy atom. The highest BCUT2D eigenvalue weighted by Gasteiger charge is 2.24. The van der Waals surface area contributed by atoms with Crippen LogP contribution in [0.15, 0.2) is 61.7 Å². The van der Waals surface area contributed by atoms with E-state index in [-0.39, 0.29) is 23.7 Å². The van der Waals surface area contributed by atoms with E-state index < -0.39 is 11.6 Å². The first-order valence-corrected chi connectivity index (χ1v) is 11.6. The van der Waals surface area contributed by atoms with Crippen LogP contribution in [0.25, 0.3) is 11.1 Å². The molecule has 0 saturated carbocycles. The summed E-state index contributed by atoms with van der Waals surface area (Å²) in [5, 5.41) is 3.15. The molecule has 0 atom stereocenters. The van der Waals surface area contributed by atoms with Crippen LogP contribution in [0.4, 0.5) is 26.1 Å². The highest BCUT2D eigenvalue weighted by atomic mass is 35.5.